The first-order valence-electron chi connectivity index (χ1n) is 10.7. The van der Waals surface area contributed by atoms with Gasteiger partial charge in [0, 0.05) is 23.2 Å². The largest absolute Gasteiger partial charge is 0.325 e. The second-order valence-corrected chi connectivity index (χ2v) is 11.0. The molecule has 0 unspecified atom stereocenters. The van der Waals surface area contributed by atoms with Crippen molar-refractivity contribution in [2.24, 2.45) is 0 Å². The van der Waals surface area contributed by atoms with Gasteiger partial charge in [-0.25, -0.2) is 13.4 Å². The van der Waals surface area contributed by atoms with E-state index >= 15 is 0 Å². The molecule has 0 aliphatic rings. The summed E-state index contributed by atoms with van der Waals surface area (Å²) >= 11 is 1.56. The first kappa shape index (κ1) is 23.8. The third-order valence-corrected chi connectivity index (χ3v) is 7.82. The smallest absolute Gasteiger partial charge is 0.243 e. The van der Waals surface area contributed by atoms with Crippen molar-refractivity contribution < 1.29 is 13.2 Å². The number of amides is 1. The van der Waals surface area contributed by atoms with E-state index in [-0.39, 0.29) is 18.0 Å². The number of carbonyl (C=O) groups is 1. The number of aryl methyl sites for hydroxylation is 2. The summed E-state index contributed by atoms with van der Waals surface area (Å²) in [4.78, 5) is 17.6. The Bertz CT molecular complexity index is 1380. The van der Waals surface area contributed by atoms with E-state index in [1.807, 2.05) is 67.8 Å². The number of nitrogens with zero attached hydrogens (tertiary/aromatic N) is 2. The van der Waals surface area contributed by atoms with Gasteiger partial charge in [-0.3, -0.25) is 4.79 Å². The molecule has 1 heterocycles. The molecule has 0 bridgehead atoms. The van der Waals surface area contributed by atoms with E-state index in [2.05, 4.69) is 10.3 Å². The van der Waals surface area contributed by atoms with Crippen LogP contribution in [0.15, 0.2) is 89.1 Å². The molecule has 0 aliphatic heterocycles. The fourth-order valence-corrected chi connectivity index (χ4v) is 5.49. The summed E-state index contributed by atoms with van der Waals surface area (Å²) in [6.45, 7) is 3.61. The van der Waals surface area contributed by atoms with Crippen LogP contribution in [-0.4, -0.2) is 30.2 Å². The highest BCUT2D eigenvalue weighted by Crippen LogP contribution is 2.24. The summed E-state index contributed by atoms with van der Waals surface area (Å²) < 4.78 is 28.0. The van der Waals surface area contributed by atoms with E-state index < -0.39 is 15.9 Å². The Hall–Kier alpha value is -3.33. The summed E-state index contributed by atoms with van der Waals surface area (Å²) in [5.74, 6) is -0.418. The average Bonchev–Trinajstić information content (AvgIpc) is 3.26. The van der Waals surface area contributed by atoms with Crippen LogP contribution in [0.5, 0.6) is 0 Å². The molecule has 3 aromatic carbocycles. The van der Waals surface area contributed by atoms with Crippen molar-refractivity contribution in [3.63, 3.8) is 0 Å². The molecular weight excluding hydrogens is 466 g/mol. The van der Waals surface area contributed by atoms with Crippen molar-refractivity contribution in [3.05, 3.63) is 100 Å². The number of aromatic nitrogens is 1. The molecule has 174 valence electrons. The van der Waals surface area contributed by atoms with Crippen molar-refractivity contribution in [3.8, 4) is 11.3 Å². The number of thiazole rings is 1. The molecule has 0 spiro atoms. The number of nitrogens with one attached hydrogen (secondary N) is 1. The summed E-state index contributed by atoms with van der Waals surface area (Å²) in [7, 11) is -3.89. The van der Waals surface area contributed by atoms with Crippen molar-refractivity contribution in [1.82, 2.24) is 9.29 Å². The van der Waals surface area contributed by atoms with Crippen LogP contribution in [0.3, 0.4) is 0 Å². The SMILES string of the molecule is Cc1ccc(S(=O)(=O)N(CC(=O)Nc2cccc(-c3csc(C)n3)c2)Cc2ccccc2)cc1. The fraction of sp³-hybridized carbons (Fsp3) is 0.154. The number of hydrogen-bond acceptors (Lipinski definition) is 5. The van der Waals surface area contributed by atoms with Crippen LogP contribution in [0, 0.1) is 13.8 Å². The lowest BCUT2D eigenvalue weighted by molar-refractivity contribution is -0.116. The topological polar surface area (TPSA) is 79.4 Å². The minimum atomic E-state index is -3.89. The molecule has 0 saturated carbocycles. The molecule has 6 nitrogen and oxygen atoms in total. The van der Waals surface area contributed by atoms with Gasteiger partial charge in [-0.05, 0) is 43.7 Å². The van der Waals surface area contributed by atoms with Crippen LogP contribution >= 0.6 is 11.3 Å². The van der Waals surface area contributed by atoms with E-state index in [9.17, 15) is 13.2 Å². The molecule has 4 aromatic rings. The van der Waals surface area contributed by atoms with Crippen LogP contribution in [-0.2, 0) is 21.4 Å². The second kappa shape index (κ2) is 10.3. The first-order chi connectivity index (χ1) is 16.3. The van der Waals surface area contributed by atoms with Crippen LogP contribution in [0.2, 0.25) is 0 Å². The molecule has 0 radical (unpaired) electrons. The predicted molar refractivity (Wildman–Crippen MR) is 136 cm³/mol. The normalized spacial score (nSPS) is 11.5. The number of carbonyl (C=O) groups excluding carboxylic acids is 1. The molecule has 4 rings (SSSR count). The lowest BCUT2D eigenvalue weighted by Gasteiger charge is -2.22. The molecular formula is C26H25N3O3S2. The number of anilines is 1. The van der Waals surface area contributed by atoms with Crippen LogP contribution < -0.4 is 5.32 Å². The van der Waals surface area contributed by atoms with Gasteiger partial charge in [-0.1, -0.05) is 60.2 Å². The Labute approximate surface area is 204 Å². The lowest BCUT2D eigenvalue weighted by atomic mass is 10.1. The van der Waals surface area contributed by atoms with Gasteiger partial charge >= 0.3 is 0 Å². The zero-order valence-corrected chi connectivity index (χ0v) is 20.6. The van der Waals surface area contributed by atoms with Crippen LogP contribution in [0.4, 0.5) is 5.69 Å². The minimum Gasteiger partial charge on any atom is -0.325 e. The molecule has 0 saturated heterocycles. The maximum absolute atomic E-state index is 13.4. The zero-order valence-electron chi connectivity index (χ0n) is 18.9. The molecule has 1 aromatic heterocycles. The minimum absolute atomic E-state index is 0.0859. The number of sulfonamides is 1. The highest BCUT2D eigenvalue weighted by Gasteiger charge is 2.27. The van der Waals surface area contributed by atoms with Gasteiger partial charge in [0.2, 0.25) is 15.9 Å². The van der Waals surface area contributed by atoms with Gasteiger partial charge in [0.15, 0.2) is 0 Å². The molecule has 34 heavy (non-hydrogen) atoms. The van der Waals surface area contributed by atoms with Crippen LogP contribution in [0.25, 0.3) is 11.3 Å². The third-order valence-electron chi connectivity index (χ3n) is 5.24. The van der Waals surface area contributed by atoms with Crippen LogP contribution in [0.1, 0.15) is 16.1 Å². The molecule has 0 aliphatic carbocycles. The van der Waals surface area contributed by atoms with E-state index in [1.165, 1.54) is 4.31 Å². The molecule has 0 atom stereocenters. The number of benzene rings is 3. The Morgan fingerprint density at radius 1 is 0.971 bits per heavy atom. The molecule has 0 fully saturated rings. The Morgan fingerprint density at radius 2 is 1.71 bits per heavy atom. The quantitative estimate of drug-likeness (QED) is 0.365. The zero-order chi connectivity index (χ0) is 24.1. The lowest BCUT2D eigenvalue weighted by Crippen LogP contribution is -2.37. The van der Waals surface area contributed by atoms with Crippen molar-refractivity contribution >= 4 is 33.0 Å². The van der Waals surface area contributed by atoms with Gasteiger partial charge in [0.25, 0.3) is 0 Å². The Balaban J connectivity index is 1.56. The number of rotatable bonds is 8. The summed E-state index contributed by atoms with van der Waals surface area (Å²) in [6, 6.07) is 23.3. The average molecular weight is 492 g/mol. The monoisotopic (exact) mass is 491 g/mol. The van der Waals surface area contributed by atoms with E-state index in [1.54, 1.807) is 41.7 Å². The van der Waals surface area contributed by atoms with Crippen molar-refractivity contribution in [2.45, 2.75) is 25.3 Å². The van der Waals surface area contributed by atoms with Gasteiger partial charge in [0.1, 0.15) is 0 Å². The molecule has 8 heteroatoms. The predicted octanol–water partition coefficient (Wildman–Crippen LogP) is 5.26. The number of hydrogen-bond donors (Lipinski definition) is 1. The maximum Gasteiger partial charge on any atom is 0.243 e. The van der Waals surface area contributed by atoms with E-state index in [4.69, 9.17) is 0 Å². The van der Waals surface area contributed by atoms with Gasteiger partial charge in [-0.15, -0.1) is 11.3 Å². The van der Waals surface area contributed by atoms with E-state index in [0.717, 1.165) is 27.4 Å². The van der Waals surface area contributed by atoms with Gasteiger partial charge in [0.05, 0.1) is 22.1 Å². The standard InChI is InChI=1S/C26H25N3O3S2/c1-19-11-13-24(14-12-19)34(31,32)29(16-21-7-4-3-5-8-21)17-26(30)28-23-10-6-9-22(15-23)25-18-33-20(2)27-25/h3-15,18H,16-17H2,1-2H3,(H,28,30). The fourth-order valence-electron chi connectivity index (χ4n) is 3.49. The Kier molecular flexibility index (Phi) is 7.21. The van der Waals surface area contributed by atoms with Gasteiger partial charge in [-0.2, -0.15) is 4.31 Å². The Morgan fingerprint density at radius 3 is 2.38 bits per heavy atom. The van der Waals surface area contributed by atoms with E-state index in [0.29, 0.717) is 5.69 Å². The first-order valence-corrected chi connectivity index (χ1v) is 13.1. The van der Waals surface area contributed by atoms with Gasteiger partial charge < -0.3 is 5.32 Å². The summed E-state index contributed by atoms with van der Waals surface area (Å²) in [5, 5.41) is 5.76. The second-order valence-electron chi connectivity index (χ2n) is 7.95. The highest BCUT2D eigenvalue weighted by atomic mass is 32.2. The summed E-state index contributed by atoms with van der Waals surface area (Å²) in [5.41, 5.74) is 4.07. The van der Waals surface area contributed by atoms with Crippen molar-refractivity contribution in [2.75, 3.05) is 11.9 Å². The molecule has 1 amide bonds. The maximum atomic E-state index is 13.4. The summed E-state index contributed by atoms with van der Waals surface area (Å²) in [6.07, 6.45) is 0. The highest BCUT2D eigenvalue weighted by molar-refractivity contribution is 7.89. The molecule has 1 N–H and O–H groups in total. The third kappa shape index (κ3) is 5.77. The van der Waals surface area contributed by atoms with Crippen molar-refractivity contribution in [1.29, 1.82) is 0 Å².